The van der Waals surface area contributed by atoms with Crippen LogP contribution < -0.4 is 10.2 Å². The molecule has 0 amide bonds. The zero-order valence-electron chi connectivity index (χ0n) is 9.87. The molecule has 1 heterocycles. The Morgan fingerprint density at radius 2 is 1.82 bits per heavy atom. The fraction of sp³-hybridized carbons (Fsp3) is 0.500. The minimum Gasteiger partial charge on any atom is -0.550 e. The summed E-state index contributed by atoms with van der Waals surface area (Å²) in [5, 5.41) is 21.3. The predicted octanol–water partition coefficient (Wildman–Crippen LogP) is -0.413. The van der Waals surface area contributed by atoms with Crippen molar-refractivity contribution in [1.82, 2.24) is 0 Å². The van der Waals surface area contributed by atoms with E-state index in [0.717, 1.165) is 6.42 Å². The van der Waals surface area contributed by atoms with Gasteiger partial charge in [0.15, 0.2) is 0 Å². The van der Waals surface area contributed by atoms with Crippen LogP contribution in [0.25, 0.3) is 0 Å². The van der Waals surface area contributed by atoms with E-state index in [1.807, 2.05) is 6.92 Å². The molecule has 0 spiro atoms. The number of aromatic carboxylic acids is 1. The van der Waals surface area contributed by atoms with E-state index in [0.29, 0.717) is 17.7 Å². The number of carbonyl (C=O) groups excluding carboxylic acids is 2. The average molecular weight is 238 g/mol. The fourth-order valence-corrected chi connectivity index (χ4v) is 1.75. The lowest BCUT2D eigenvalue weighted by Gasteiger charge is -2.04. The molecule has 0 atom stereocenters. The maximum atomic E-state index is 11.0. The van der Waals surface area contributed by atoms with Crippen molar-refractivity contribution in [3.63, 3.8) is 0 Å². The first-order chi connectivity index (χ1) is 7.97. The summed E-state index contributed by atoms with van der Waals surface area (Å²) in [6.07, 6.45) is 1.19. The van der Waals surface area contributed by atoms with E-state index in [-0.39, 0.29) is 24.2 Å². The van der Waals surface area contributed by atoms with Gasteiger partial charge in [-0.05, 0) is 25.3 Å². The van der Waals surface area contributed by atoms with Crippen LogP contribution in [0, 0.1) is 6.92 Å². The van der Waals surface area contributed by atoms with Crippen molar-refractivity contribution < 1.29 is 24.2 Å². The number of carboxylic acids is 2. The van der Waals surface area contributed by atoms with Gasteiger partial charge in [-0.1, -0.05) is 6.92 Å². The molecule has 0 N–H and O–H groups in total. The van der Waals surface area contributed by atoms with Crippen LogP contribution in [-0.2, 0) is 17.6 Å². The molecule has 1 aromatic heterocycles. The molecule has 0 radical (unpaired) electrons. The highest BCUT2D eigenvalue weighted by atomic mass is 16.4. The molecule has 0 saturated carbocycles. The number of hydrogen-bond acceptors (Lipinski definition) is 5. The number of aryl methyl sites for hydroxylation is 2. The Morgan fingerprint density at radius 3 is 2.29 bits per heavy atom. The Balaban J connectivity index is 3.05. The van der Waals surface area contributed by atoms with Crippen molar-refractivity contribution >= 4 is 11.9 Å². The number of aliphatic carboxylic acids is 1. The molecular formula is C12H14O5-2. The van der Waals surface area contributed by atoms with E-state index in [1.165, 1.54) is 0 Å². The van der Waals surface area contributed by atoms with Gasteiger partial charge >= 0.3 is 0 Å². The summed E-state index contributed by atoms with van der Waals surface area (Å²) in [5.41, 5.74) is 0.509. The van der Waals surface area contributed by atoms with Crippen LogP contribution in [0.15, 0.2) is 4.42 Å². The lowest BCUT2D eigenvalue weighted by atomic mass is 10.1. The fourth-order valence-electron chi connectivity index (χ4n) is 1.75. The predicted molar refractivity (Wildman–Crippen MR) is 55.1 cm³/mol. The standard InChI is InChI=1S/C12H16O5/c1-3-4-8-7(2)11(12(15)16)9(17-8)5-6-10(13)14/h3-6H2,1-2H3,(H,13,14)(H,15,16)/p-2. The summed E-state index contributed by atoms with van der Waals surface area (Å²) >= 11 is 0. The molecule has 5 heteroatoms. The number of carboxylic acid groups (broad SMARTS) is 2. The summed E-state index contributed by atoms with van der Waals surface area (Å²) in [4.78, 5) is 21.3. The molecule has 0 aromatic carbocycles. The summed E-state index contributed by atoms with van der Waals surface area (Å²) < 4.78 is 5.39. The van der Waals surface area contributed by atoms with Gasteiger partial charge < -0.3 is 24.2 Å². The van der Waals surface area contributed by atoms with Gasteiger partial charge in [0.1, 0.15) is 11.5 Å². The van der Waals surface area contributed by atoms with Crippen molar-refractivity contribution in [2.45, 2.75) is 39.5 Å². The Bertz CT molecular complexity index is 430. The van der Waals surface area contributed by atoms with E-state index in [2.05, 4.69) is 0 Å². The number of furan rings is 1. The molecule has 0 aliphatic carbocycles. The van der Waals surface area contributed by atoms with Gasteiger partial charge in [-0.15, -0.1) is 0 Å². The van der Waals surface area contributed by atoms with Gasteiger partial charge in [-0.2, -0.15) is 0 Å². The highest BCUT2D eigenvalue weighted by Crippen LogP contribution is 2.24. The van der Waals surface area contributed by atoms with Gasteiger partial charge in [0, 0.05) is 24.4 Å². The van der Waals surface area contributed by atoms with Gasteiger partial charge in [-0.3, -0.25) is 0 Å². The van der Waals surface area contributed by atoms with Crippen molar-refractivity contribution in [3.8, 4) is 0 Å². The second kappa shape index (κ2) is 5.52. The topological polar surface area (TPSA) is 93.4 Å². The van der Waals surface area contributed by atoms with Crippen molar-refractivity contribution in [2.24, 2.45) is 0 Å². The second-order valence-corrected chi connectivity index (χ2v) is 3.86. The molecular weight excluding hydrogens is 224 g/mol. The highest BCUT2D eigenvalue weighted by molar-refractivity contribution is 5.89. The number of rotatable bonds is 6. The van der Waals surface area contributed by atoms with Crippen molar-refractivity contribution in [1.29, 1.82) is 0 Å². The highest BCUT2D eigenvalue weighted by Gasteiger charge is 2.17. The average Bonchev–Trinajstić information content (AvgIpc) is 2.53. The normalized spacial score (nSPS) is 10.5. The molecule has 1 rings (SSSR count). The maximum absolute atomic E-state index is 11.0. The zero-order chi connectivity index (χ0) is 13.0. The quantitative estimate of drug-likeness (QED) is 0.671. The Hall–Kier alpha value is -1.78. The SMILES string of the molecule is CCCc1oc(CCC(=O)[O-])c(C(=O)[O-])c1C. The van der Waals surface area contributed by atoms with Crippen LogP contribution in [0.2, 0.25) is 0 Å². The Labute approximate surface area is 99.1 Å². The molecule has 94 valence electrons. The first-order valence-electron chi connectivity index (χ1n) is 5.49. The Kier molecular flexibility index (Phi) is 4.31. The lowest BCUT2D eigenvalue weighted by molar-refractivity contribution is -0.305. The first kappa shape index (κ1) is 13.3. The second-order valence-electron chi connectivity index (χ2n) is 3.86. The molecule has 0 aliphatic heterocycles. The molecule has 17 heavy (non-hydrogen) atoms. The van der Waals surface area contributed by atoms with Crippen LogP contribution in [-0.4, -0.2) is 11.9 Å². The van der Waals surface area contributed by atoms with E-state index in [1.54, 1.807) is 6.92 Å². The van der Waals surface area contributed by atoms with Crippen molar-refractivity contribution in [2.75, 3.05) is 0 Å². The third-order valence-electron chi connectivity index (χ3n) is 2.56. The largest absolute Gasteiger partial charge is 0.550 e. The monoisotopic (exact) mass is 238 g/mol. The van der Waals surface area contributed by atoms with Gasteiger partial charge in [0.25, 0.3) is 0 Å². The zero-order valence-corrected chi connectivity index (χ0v) is 9.87. The van der Waals surface area contributed by atoms with E-state index in [4.69, 9.17) is 4.42 Å². The van der Waals surface area contributed by atoms with Crippen molar-refractivity contribution in [3.05, 3.63) is 22.6 Å². The molecule has 0 saturated heterocycles. The maximum Gasteiger partial charge on any atom is 0.113 e. The van der Waals surface area contributed by atoms with Crippen LogP contribution in [0.5, 0.6) is 0 Å². The Morgan fingerprint density at radius 1 is 1.18 bits per heavy atom. The van der Waals surface area contributed by atoms with E-state index in [9.17, 15) is 19.8 Å². The third kappa shape index (κ3) is 3.09. The van der Waals surface area contributed by atoms with Crippen LogP contribution in [0.4, 0.5) is 0 Å². The summed E-state index contributed by atoms with van der Waals surface area (Å²) in [6.45, 7) is 3.59. The molecule has 0 fully saturated rings. The van der Waals surface area contributed by atoms with Gasteiger partial charge in [-0.25, -0.2) is 0 Å². The number of carbonyl (C=O) groups is 2. The minimum atomic E-state index is -1.33. The molecule has 0 unspecified atom stereocenters. The molecule has 0 bridgehead atoms. The lowest BCUT2D eigenvalue weighted by Crippen LogP contribution is -2.25. The third-order valence-corrected chi connectivity index (χ3v) is 2.56. The van der Waals surface area contributed by atoms with Gasteiger partial charge in [0.2, 0.25) is 0 Å². The molecule has 5 nitrogen and oxygen atoms in total. The van der Waals surface area contributed by atoms with Crippen LogP contribution >= 0.6 is 0 Å². The number of hydrogen-bond donors (Lipinski definition) is 0. The first-order valence-corrected chi connectivity index (χ1v) is 5.49. The van der Waals surface area contributed by atoms with Gasteiger partial charge in [0.05, 0.1) is 5.97 Å². The smallest absolute Gasteiger partial charge is 0.113 e. The van der Waals surface area contributed by atoms with Crippen LogP contribution in [0.3, 0.4) is 0 Å². The minimum absolute atomic E-state index is 0.0101. The summed E-state index contributed by atoms with van der Waals surface area (Å²) in [7, 11) is 0. The summed E-state index contributed by atoms with van der Waals surface area (Å²) in [6, 6.07) is 0. The van der Waals surface area contributed by atoms with E-state index >= 15 is 0 Å². The van der Waals surface area contributed by atoms with Crippen LogP contribution in [0.1, 0.15) is 47.2 Å². The molecule has 0 aliphatic rings. The van der Waals surface area contributed by atoms with E-state index < -0.39 is 11.9 Å². The summed E-state index contributed by atoms with van der Waals surface area (Å²) in [5.74, 6) is -1.82. The molecule has 1 aromatic rings.